The molecule has 0 saturated carbocycles. The van der Waals surface area contributed by atoms with Crippen LogP contribution in [0.3, 0.4) is 0 Å². The molecule has 30 heavy (non-hydrogen) atoms. The molecule has 5 heteroatoms. The van der Waals surface area contributed by atoms with E-state index >= 15 is 0 Å². The first-order valence-corrected chi connectivity index (χ1v) is 9.85. The summed E-state index contributed by atoms with van der Waals surface area (Å²) in [4.78, 5) is 12.6. The van der Waals surface area contributed by atoms with Crippen LogP contribution in [0.2, 0.25) is 5.02 Å². The molecular weight excluding hydrogens is 396 g/mol. The topological polar surface area (TPSA) is 44.1 Å². The van der Waals surface area contributed by atoms with Crippen LogP contribution in [-0.2, 0) is 0 Å². The van der Waals surface area contributed by atoms with E-state index in [1.165, 1.54) is 6.08 Å². The van der Waals surface area contributed by atoms with E-state index in [2.05, 4.69) is 5.10 Å². The van der Waals surface area contributed by atoms with Crippen LogP contribution in [0.25, 0.3) is 11.8 Å². The van der Waals surface area contributed by atoms with Crippen LogP contribution >= 0.6 is 11.6 Å². The molecule has 1 heterocycles. The number of carbonyl (C=O) groups excluding carboxylic acids is 1. The number of hydrogen-bond acceptors (Lipinski definition) is 3. The largest absolute Gasteiger partial charge is 0.438 e. The number of ether oxygens (including phenoxy) is 1. The number of para-hydroxylation sites is 2. The highest BCUT2D eigenvalue weighted by Crippen LogP contribution is 2.31. The highest BCUT2D eigenvalue weighted by Gasteiger charge is 2.17. The molecular formula is C25H19ClN2O2. The minimum absolute atomic E-state index is 0.121. The summed E-state index contributed by atoms with van der Waals surface area (Å²) in [5.74, 6) is 1.11. The number of ketones is 1. The molecule has 3 aromatic carbocycles. The van der Waals surface area contributed by atoms with E-state index in [0.717, 1.165) is 16.9 Å². The molecule has 0 unspecified atom stereocenters. The number of benzene rings is 3. The standard InChI is InChI=1S/C25H19ClN2O2/c1-18-23(16-17-24(29)19-12-14-20(26)15-13-19)25(30-22-10-6-3-7-11-22)28(27-18)21-8-4-2-5-9-21/h2-17H,1H3/b17-16+. The first-order valence-electron chi connectivity index (χ1n) is 9.48. The summed E-state index contributed by atoms with van der Waals surface area (Å²) < 4.78 is 7.93. The third-order valence-corrected chi connectivity index (χ3v) is 4.80. The number of aromatic nitrogens is 2. The molecule has 0 spiro atoms. The number of allylic oxidation sites excluding steroid dienone is 1. The quantitative estimate of drug-likeness (QED) is 0.266. The van der Waals surface area contributed by atoms with E-state index in [0.29, 0.717) is 22.2 Å². The number of nitrogens with zero attached hydrogens (tertiary/aromatic N) is 2. The van der Waals surface area contributed by atoms with Crippen molar-refractivity contribution in [2.45, 2.75) is 6.92 Å². The molecule has 1 aromatic heterocycles. The molecule has 4 rings (SSSR count). The van der Waals surface area contributed by atoms with Crippen molar-refractivity contribution < 1.29 is 9.53 Å². The van der Waals surface area contributed by atoms with Crippen molar-refractivity contribution in [3.05, 3.63) is 113 Å². The summed E-state index contributed by atoms with van der Waals surface area (Å²) in [5, 5.41) is 5.24. The molecule has 0 aliphatic carbocycles. The molecule has 0 radical (unpaired) electrons. The van der Waals surface area contributed by atoms with Crippen LogP contribution in [0.1, 0.15) is 21.6 Å². The maximum absolute atomic E-state index is 12.6. The van der Waals surface area contributed by atoms with E-state index in [-0.39, 0.29) is 5.78 Å². The second kappa shape index (κ2) is 8.80. The monoisotopic (exact) mass is 414 g/mol. The second-order valence-electron chi connectivity index (χ2n) is 6.67. The van der Waals surface area contributed by atoms with Gasteiger partial charge in [0.2, 0.25) is 5.88 Å². The predicted octanol–water partition coefficient (Wildman–Crippen LogP) is 6.52. The third-order valence-electron chi connectivity index (χ3n) is 4.55. The molecule has 0 atom stereocenters. The Morgan fingerprint density at radius 3 is 2.23 bits per heavy atom. The maximum Gasteiger partial charge on any atom is 0.230 e. The number of rotatable bonds is 6. The van der Waals surface area contributed by atoms with Crippen LogP contribution in [-0.4, -0.2) is 15.6 Å². The van der Waals surface area contributed by atoms with E-state index in [1.54, 1.807) is 35.0 Å². The normalized spacial score (nSPS) is 11.0. The van der Waals surface area contributed by atoms with Crippen molar-refractivity contribution in [3.8, 4) is 17.3 Å². The van der Waals surface area contributed by atoms with Gasteiger partial charge in [0.05, 0.1) is 16.9 Å². The minimum atomic E-state index is -0.121. The van der Waals surface area contributed by atoms with Crippen molar-refractivity contribution in [2.75, 3.05) is 0 Å². The van der Waals surface area contributed by atoms with Gasteiger partial charge in [-0.05, 0) is 67.6 Å². The van der Waals surface area contributed by atoms with Gasteiger partial charge in [-0.25, -0.2) is 0 Å². The van der Waals surface area contributed by atoms with Gasteiger partial charge in [0.25, 0.3) is 0 Å². The van der Waals surface area contributed by atoms with Gasteiger partial charge in [-0.3, -0.25) is 4.79 Å². The molecule has 0 aliphatic rings. The number of hydrogen-bond donors (Lipinski definition) is 0. The summed E-state index contributed by atoms with van der Waals surface area (Å²) in [6.07, 6.45) is 3.28. The van der Waals surface area contributed by atoms with Gasteiger partial charge in [-0.15, -0.1) is 0 Å². The first kappa shape index (κ1) is 19.7. The molecule has 148 valence electrons. The molecule has 0 amide bonds. The van der Waals surface area contributed by atoms with Crippen LogP contribution < -0.4 is 4.74 Å². The fourth-order valence-electron chi connectivity index (χ4n) is 3.02. The number of aryl methyl sites for hydroxylation is 1. The van der Waals surface area contributed by atoms with Gasteiger partial charge in [0.15, 0.2) is 5.78 Å². The lowest BCUT2D eigenvalue weighted by Gasteiger charge is -2.10. The zero-order valence-electron chi connectivity index (χ0n) is 16.3. The molecule has 4 nitrogen and oxygen atoms in total. The molecule has 4 aromatic rings. The van der Waals surface area contributed by atoms with Gasteiger partial charge in [0.1, 0.15) is 5.75 Å². The van der Waals surface area contributed by atoms with Crippen molar-refractivity contribution in [1.29, 1.82) is 0 Å². The summed E-state index contributed by atoms with van der Waals surface area (Å²) in [7, 11) is 0. The Kier molecular flexibility index (Phi) is 5.77. The summed E-state index contributed by atoms with van der Waals surface area (Å²) in [5.41, 5.74) is 2.93. The second-order valence-corrected chi connectivity index (χ2v) is 7.11. The van der Waals surface area contributed by atoms with Gasteiger partial charge in [-0.2, -0.15) is 9.78 Å². The fraction of sp³-hybridized carbons (Fsp3) is 0.0400. The SMILES string of the molecule is Cc1nn(-c2ccccc2)c(Oc2ccccc2)c1/C=C/C(=O)c1ccc(Cl)cc1. The summed E-state index contributed by atoms with van der Waals surface area (Å²) in [6, 6.07) is 26.1. The van der Waals surface area contributed by atoms with Crippen LogP contribution in [0.5, 0.6) is 11.6 Å². The average molecular weight is 415 g/mol. The molecule has 0 saturated heterocycles. The summed E-state index contributed by atoms with van der Waals surface area (Å²) >= 11 is 5.91. The van der Waals surface area contributed by atoms with Crippen molar-refractivity contribution in [2.24, 2.45) is 0 Å². The molecule has 0 aliphatic heterocycles. The lowest BCUT2D eigenvalue weighted by molar-refractivity contribution is 0.104. The molecule has 0 N–H and O–H groups in total. The maximum atomic E-state index is 12.6. The van der Waals surface area contributed by atoms with Gasteiger partial charge in [0, 0.05) is 10.6 Å². The smallest absolute Gasteiger partial charge is 0.230 e. The van der Waals surface area contributed by atoms with Crippen molar-refractivity contribution >= 4 is 23.5 Å². The Balaban J connectivity index is 1.74. The van der Waals surface area contributed by atoms with Gasteiger partial charge in [-0.1, -0.05) is 48.0 Å². The zero-order chi connectivity index (χ0) is 20.9. The molecule has 0 fully saturated rings. The van der Waals surface area contributed by atoms with E-state index in [1.807, 2.05) is 67.6 Å². The summed E-state index contributed by atoms with van der Waals surface area (Å²) in [6.45, 7) is 1.89. The van der Waals surface area contributed by atoms with Crippen LogP contribution in [0.4, 0.5) is 0 Å². The lowest BCUT2D eigenvalue weighted by atomic mass is 10.1. The Hall–Kier alpha value is -3.63. The van der Waals surface area contributed by atoms with Crippen LogP contribution in [0, 0.1) is 6.92 Å². The number of carbonyl (C=O) groups is 1. The number of halogens is 1. The Morgan fingerprint density at radius 2 is 1.57 bits per heavy atom. The van der Waals surface area contributed by atoms with Crippen LogP contribution in [0.15, 0.2) is 91.0 Å². The average Bonchev–Trinajstić information content (AvgIpc) is 3.09. The van der Waals surface area contributed by atoms with E-state index in [9.17, 15) is 4.79 Å². The van der Waals surface area contributed by atoms with E-state index in [4.69, 9.17) is 16.3 Å². The zero-order valence-corrected chi connectivity index (χ0v) is 17.1. The highest BCUT2D eigenvalue weighted by atomic mass is 35.5. The highest BCUT2D eigenvalue weighted by molar-refractivity contribution is 6.30. The Morgan fingerprint density at radius 1 is 0.933 bits per heavy atom. The lowest BCUT2D eigenvalue weighted by Crippen LogP contribution is -2.00. The minimum Gasteiger partial charge on any atom is -0.438 e. The predicted molar refractivity (Wildman–Crippen MR) is 120 cm³/mol. The fourth-order valence-corrected chi connectivity index (χ4v) is 3.15. The van der Waals surface area contributed by atoms with Crippen molar-refractivity contribution in [3.63, 3.8) is 0 Å². The Labute approximate surface area is 180 Å². The van der Waals surface area contributed by atoms with Gasteiger partial charge < -0.3 is 4.74 Å². The third kappa shape index (κ3) is 4.34. The first-order chi connectivity index (χ1) is 14.6. The Bertz CT molecular complexity index is 1180. The van der Waals surface area contributed by atoms with Crippen molar-refractivity contribution in [1.82, 2.24) is 9.78 Å². The molecule has 0 bridgehead atoms. The van der Waals surface area contributed by atoms with Gasteiger partial charge >= 0.3 is 0 Å². The van der Waals surface area contributed by atoms with E-state index < -0.39 is 0 Å².